The third-order valence-corrected chi connectivity index (χ3v) is 13.6. The van der Waals surface area contributed by atoms with Crippen molar-refractivity contribution in [3.63, 3.8) is 0 Å². The molecule has 9 unspecified atom stereocenters. The number of aromatic nitrogens is 1. The van der Waals surface area contributed by atoms with E-state index < -0.39 is 0 Å². The van der Waals surface area contributed by atoms with Gasteiger partial charge in [0, 0.05) is 19.7 Å². The van der Waals surface area contributed by atoms with Crippen LogP contribution in [-0.4, -0.2) is 45.8 Å². The SMILES string of the molecule is CC(=O)N(Cc1ccccn1)CC1CCC2C(CC3C4CCC5C(C)(C)[C@@H](O)CCC56CC46CCC23C)O1. The fraction of sp³-hybridized carbons (Fsp3) is 0.818. The van der Waals surface area contributed by atoms with Crippen LogP contribution in [0.2, 0.25) is 0 Å². The van der Waals surface area contributed by atoms with Crippen LogP contribution < -0.4 is 0 Å². The maximum atomic E-state index is 12.5. The van der Waals surface area contributed by atoms with Crippen molar-refractivity contribution in [1.29, 1.82) is 0 Å². The molecule has 0 aromatic carbocycles. The summed E-state index contributed by atoms with van der Waals surface area (Å²) in [7, 11) is 0. The van der Waals surface area contributed by atoms with Crippen molar-refractivity contribution in [2.75, 3.05) is 6.54 Å². The Kier molecular flexibility index (Phi) is 5.72. The molecule has 1 aromatic rings. The summed E-state index contributed by atoms with van der Waals surface area (Å²) in [5, 5.41) is 10.9. The van der Waals surface area contributed by atoms with Gasteiger partial charge in [-0.05, 0) is 122 Å². The zero-order valence-corrected chi connectivity index (χ0v) is 24.0. The van der Waals surface area contributed by atoms with E-state index in [9.17, 15) is 9.90 Å². The van der Waals surface area contributed by atoms with Crippen LogP contribution in [0.3, 0.4) is 0 Å². The van der Waals surface area contributed by atoms with Gasteiger partial charge in [0.15, 0.2) is 0 Å². The van der Waals surface area contributed by atoms with Crippen molar-refractivity contribution in [3.05, 3.63) is 30.1 Å². The summed E-state index contributed by atoms with van der Waals surface area (Å²) in [6.45, 7) is 10.2. The minimum Gasteiger partial charge on any atom is -0.393 e. The van der Waals surface area contributed by atoms with E-state index in [1.807, 2.05) is 23.1 Å². The highest BCUT2D eigenvalue weighted by Crippen LogP contribution is 2.87. The van der Waals surface area contributed by atoms with E-state index in [2.05, 4.69) is 25.8 Å². The largest absolute Gasteiger partial charge is 0.393 e. The molecule has 7 rings (SSSR count). The Bertz CT molecular complexity index is 1090. The van der Waals surface area contributed by atoms with E-state index in [0.717, 1.165) is 30.4 Å². The number of carbonyl (C=O) groups is 1. The molecule has 1 aromatic heterocycles. The second-order valence-corrected chi connectivity index (χ2v) is 15.2. The molecule has 1 N–H and O–H groups in total. The summed E-state index contributed by atoms with van der Waals surface area (Å²) in [6.07, 6.45) is 14.8. The first-order valence-corrected chi connectivity index (χ1v) is 15.6. The molecule has 38 heavy (non-hydrogen) atoms. The lowest BCUT2D eigenvalue weighted by Crippen LogP contribution is -2.54. The van der Waals surface area contributed by atoms with Crippen LogP contribution in [0.4, 0.5) is 0 Å². The molecule has 5 aliphatic carbocycles. The van der Waals surface area contributed by atoms with Crippen molar-refractivity contribution < 1.29 is 14.6 Å². The summed E-state index contributed by atoms with van der Waals surface area (Å²) in [5.41, 5.74) is 2.45. The predicted molar refractivity (Wildman–Crippen MR) is 147 cm³/mol. The van der Waals surface area contributed by atoms with Gasteiger partial charge >= 0.3 is 0 Å². The van der Waals surface area contributed by atoms with Gasteiger partial charge in [-0.1, -0.05) is 26.8 Å². The minimum atomic E-state index is -0.131. The molecule has 5 nitrogen and oxygen atoms in total. The number of fused-ring (bicyclic) bond motifs is 4. The van der Waals surface area contributed by atoms with Crippen molar-refractivity contribution in [2.24, 2.45) is 45.3 Å². The summed E-state index contributed by atoms with van der Waals surface area (Å²) < 4.78 is 6.92. The number of rotatable bonds is 4. The molecule has 6 aliphatic rings. The lowest BCUT2D eigenvalue weighted by atomic mass is 9.46. The summed E-state index contributed by atoms with van der Waals surface area (Å²) in [4.78, 5) is 18.9. The van der Waals surface area contributed by atoms with Gasteiger partial charge in [-0.25, -0.2) is 0 Å². The number of aliphatic hydroxyl groups excluding tert-OH is 1. The summed E-state index contributed by atoms with van der Waals surface area (Å²) in [6, 6.07) is 5.91. The lowest BCUT2D eigenvalue weighted by Gasteiger charge is -2.59. The van der Waals surface area contributed by atoms with E-state index in [0.29, 0.717) is 47.3 Å². The first kappa shape index (κ1) is 25.5. The van der Waals surface area contributed by atoms with Crippen molar-refractivity contribution >= 4 is 5.91 Å². The minimum absolute atomic E-state index is 0.0608. The van der Waals surface area contributed by atoms with Gasteiger partial charge in [-0.2, -0.15) is 0 Å². The maximum Gasteiger partial charge on any atom is 0.219 e. The fourth-order valence-corrected chi connectivity index (χ4v) is 11.7. The highest BCUT2D eigenvalue weighted by atomic mass is 16.5. The van der Waals surface area contributed by atoms with Gasteiger partial charge in [-0.15, -0.1) is 0 Å². The molecule has 2 spiro atoms. The Hall–Kier alpha value is -1.46. The molecule has 1 aliphatic heterocycles. The standard InChI is InChI=1S/C33H48N2O3/c1-21(36)35(18-22-7-5-6-16-34-22)19-23-8-9-25-27(38-23)17-26-24-10-11-28-30(2,3)29(37)12-13-33(28)20-32(24,33)15-14-31(25,26)4/h5-7,16,23-29,37H,8-15,17-20H2,1-4H3/t23?,24?,25?,26?,27?,28?,29-,31?,32?,33?/m0/s1. The molecule has 5 saturated carbocycles. The number of hydrogen-bond donors (Lipinski definition) is 1. The van der Waals surface area contributed by atoms with Gasteiger partial charge in [0.2, 0.25) is 5.91 Å². The summed E-state index contributed by atoms with van der Waals surface area (Å²) in [5.74, 6) is 3.08. The molecule has 1 amide bonds. The fourth-order valence-electron chi connectivity index (χ4n) is 11.7. The van der Waals surface area contributed by atoms with Crippen LogP contribution in [0.15, 0.2) is 24.4 Å². The molecule has 2 heterocycles. The van der Waals surface area contributed by atoms with Gasteiger partial charge in [0.25, 0.3) is 0 Å². The smallest absolute Gasteiger partial charge is 0.219 e. The number of nitrogens with zero attached hydrogens (tertiary/aromatic N) is 2. The van der Waals surface area contributed by atoms with Crippen LogP contribution in [0.25, 0.3) is 0 Å². The molecular formula is C33H48N2O3. The molecule has 208 valence electrons. The highest BCUT2D eigenvalue weighted by molar-refractivity contribution is 5.73. The number of hydrogen-bond acceptors (Lipinski definition) is 4. The van der Waals surface area contributed by atoms with E-state index in [1.54, 1.807) is 13.1 Å². The second kappa shape index (κ2) is 8.52. The van der Waals surface area contributed by atoms with Crippen LogP contribution in [0.1, 0.15) is 97.6 Å². The number of carbonyl (C=O) groups excluding carboxylic acids is 1. The Morgan fingerprint density at radius 2 is 1.84 bits per heavy atom. The number of aliphatic hydroxyl groups is 1. The first-order valence-electron chi connectivity index (χ1n) is 15.6. The first-order chi connectivity index (χ1) is 18.1. The zero-order chi connectivity index (χ0) is 26.5. The average Bonchev–Trinajstić information content (AvgIpc) is 3.47. The van der Waals surface area contributed by atoms with Crippen LogP contribution in [-0.2, 0) is 16.1 Å². The van der Waals surface area contributed by atoms with E-state index in [1.165, 1.54) is 51.4 Å². The topological polar surface area (TPSA) is 62.7 Å². The van der Waals surface area contributed by atoms with Crippen LogP contribution >= 0.6 is 0 Å². The second-order valence-electron chi connectivity index (χ2n) is 15.2. The van der Waals surface area contributed by atoms with E-state index >= 15 is 0 Å². The highest BCUT2D eigenvalue weighted by Gasteiger charge is 2.80. The summed E-state index contributed by atoms with van der Waals surface area (Å²) >= 11 is 0. The molecule has 1 saturated heterocycles. The zero-order valence-electron chi connectivity index (χ0n) is 24.0. The lowest BCUT2D eigenvalue weighted by molar-refractivity contribution is -0.140. The molecular weight excluding hydrogens is 472 g/mol. The quantitative estimate of drug-likeness (QED) is 0.529. The third-order valence-electron chi connectivity index (χ3n) is 13.6. The Balaban J connectivity index is 1.07. The van der Waals surface area contributed by atoms with Crippen LogP contribution in [0, 0.1) is 45.3 Å². The maximum absolute atomic E-state index is 12.5. The van der Waals surface area contributed by atoms with Gasteiger partial charge in [0.05, 0.1) is 30.6 Å². The molecule has 0 radical (unpaired) electrons. The normalized spacial score (nSPS) is 48.1. The van der Waals surface area contributed by atoms with Gasteiger partial charge < -0.3 is 14.7 Å². The van der Waals surface area contributed by atoms with Crippen LogP contribution in [0.5, 0.6) is 0 Å². The van der Waals surface area contributed by atoms with Crippen molar-refractivity contribution in [3.8, 4) is 0 Å². The van der Waals surface area contributed by atoms with Gasteiger partial charge in [-0.3, -0.25) is 9.78 Å². The Morgan fingerprint density at radius 3 is 2.61 bits per heavy atom. The molecule has 6 fully saturated rings. The van der Waals surface area contributed by atoms with E-state index in [-0.39, 0.29) is 23.5 Å². The monoisotopic (exact) mass is 520 g/mol. The Morgan fingerprint density at radius 1 is 1.03 bits per heavy atom. The average molecular weight is 521 g/mol. The Labute approximate surface area is 229 Å². The molecule has 10 atom stereocenters. The van der Waals surface area contributed by atoms with E-state index in [4.69, 9.17) is 4.74 Å². The third kappa shape index (κ3) is 3.42. The number of amides is 1. The number of pyridine rings is 1. The van der Waals surface area contributed by atoms with Crippen molar-refractivity contribution in [2.45, 2.75) is 117 Å². The van der Waals surface area contributed by atoms with Gasteiger partial charge in [0.1, 0.15) is 0 Å². The number of ether oxygens (including phenoxy) is 1. The molecule has 5 heteroatoms. The predicted octanol–water partition coefficient (Wildman–Crippen LogP) is 6.00. The molecule has 0 bridgehead atoms. The van der Waals surface area contributed by atoms with Crippen molar-refractivity contribution in [1.82, 2.24) is 9.88 Å².